The zero-order valence-electron chi connectivity index (χ0n) is 15.5. The summed E-state index contributed by atoms with van der Waals surface area (Å²) < 4.78 is 0. The van der Waals surface area contributed by atoms with E-state index in [4.69, 9.17) is 5.11 Å². The molecule has 4 amide bonds. The first-order valence-electron chi connectivity index (χ1n) is 8.48. The van der Waals surface area contributed by atoms with Gasteiger partial charge >= 0.3 is 5.97 Å². The van der Waals surface area contributed by atoms with Crippen molar-refractivity contribution in [1.82, 2.24) is 21.3 Å². The highest BCUT2D eigenvalue weighted by Gasteiger charge is 2.23. The van der Waals surface area contributed by atoms with Crippen LogP contribution in [-0.4, -0.2) is 59.4 Å². The Morgan fingerprint density at radius 1 is 0.769 bits per heavy atom. The molecule has 0 heterocycles. The molecule has 0 aromatic heterocycles. The Hall–Kier alpha value is -2.65. The Labute approximate surface area is 152 Å². The lowest BCUT2D eigenvalue weighted by atomic mass is 10.2. The molecular weight excluding hydrogens is 344 g/mol. The third kappa shape index (κ3) is 9.60. The predicted octanol–water partition coefficient (Wildman–Crippen LogP) is -1.11. The lowest BCUT2D eigenvalue weighted by Gasteiger charge is -2.20. The van der Waals surface area contributed by atoms with Gasteiger partial charge in [-0.2, -0.15) is 0 Å². The maximum absolute atomic E-state index is 12.0. The van der Waals surface area contributed by atoms with E-state index in [9.17, 15) is 24.0 Å². The third-order valence-electron chi connectivity index (χ3n) is 3.42. The van der Waals surface area contributed by atoms with Crippen molar-refractivity contribution in [2.24, 2.45) is 0 Å². The van der Waals surface area contributed by atoms with Crippen molar-refractivity contribution in [2.75, 3.05) is 6.54 Å². The molecule has 0 saturated carbocycles. The summed E-state index contributed by atoms with van der Waals surface area (Å²) in [6.07, 6.45) is 0.0328. The van der Waals surface area contributed by atoms with E-state index in [2.05, 4.69) is 21.3 Å². The molecule has 26 heavy (non-hydrogen) atoms. The number of carbonyl (C=O) groups excluding carboxylic acids is 4. The first-order valence-corrected chi connectivity index (χ1v) is 8.48. The summed E-state index contributed by atoms with van der Waals surface area (Å²) in [6, 6.07) is -2.53. The minimum atomic E-state index is -0.995. The average molecular weight is 372 g/mol. The molecule has 0 rings (SSSR count). The van der Waals surface area contributed by atoms with Crippen LogP contribution < -0.4 is 21.3 Å². The second kappa shape index (κ2) is 11.8. The highest BCUT2D eigenvalue weighted by molar-refractivity contribution is 5.93. The number of hydrogen-bond acceptors (Lipinski definition) is 5. The summed E-state index contributed by atoms with van der Waals surface area (Å²) in [6.45, 7) is 6.63. The van der Waals surface area contributed by atoms with Crippen LogP contribution in [0.5, 0.6) is 0 Å². The van der Waals surface area contributed by atoms with Gasteiger partial charge in [0.15, 0.2) is 0 Å². The van der Waals surface area contributed by atoms with Gasteiger partial charge in [0, 0.05) is 19.4 Å². The van der Waals surface area contributed by atoms with Gasteiger partial charge < -0.3 is 26.4 Å². The minimum Gasteiger partial charge on any atom is -0.481 e. The van der Waals surface area contributed by atoms with E-state index in [-0.39, 0.29) is 25.2 Å². The van der Waals surface area contributed by atoms with E-state index in [0.29, 0.717) is 6.54 Å². The van der Waals surface area contributed by atoms with Crippen molar-refractivity contribution in [3.8, 4) is 0 Å². The highest BCUT2D eigenvalue weighted by Crippen LogP contribution is 1.97. The lowest BCUT2D eigenvalue weighted by molar-refractivity contribution is -0.137. The molecular formula is C16H28N4O6. The van der Waals surface area contributed by atoms with Crippen LogP contribution in [0.15, 0.2) is 0 Å². The molecule has 0 aromatic carbocycles. The molecule has 0 aliphatic carbocycles. The zero-order valence-corrected chi connectivity index (χ0v) is 15.5. The molecule has 148 valence electrons. The second-order valence-electron chi connectivity index (χ2n) is 5.89. The summed E-state index contributed by atoms with van der Waals surface area (Å²) >= 11 is 0. The van der Waals surface area contributed by atoms with Gasteiger partial charge in [-0.3, -0.25) is 24.0 Å². The molecule has 0 aliphatic heterocycles. The molecule has 0 unspecified atom stereocenters. The lowest BCUT2D eigenvalue weighted by Crippen LogP contribution is -2.54. The summed E-state index contributed by atoms with van der Waals surface area (Å²) in [5.74, 6) is -2.87. The Bertz CT molecular complexity index is 537. The van der Waals surface area contributed by atoms with Gasteiger partial charge in [-0.15, -0.1) is 0 Å². The fourth-order valence-corrected chi connectivity index (χ4v) is 1.91. The quantitative estimate of drug-likeness (QED) is 0.310. The fraction of sp³-hybridized carbons (Fsp3) is 0.688. The van der Waals surface area contributed by atoms with Crippen molar-refractivity contribution in [1.29, 1.82) is 0 Å². The van der Waals surface area contributed by atoms with E-state index < -0.39 is 41.8 Å². The molecule has 0 saturated heterocycles. The standard InChI is InChI=1S/C16H28N4O6/c1-5-17-14(24)9(2)19-16(26)11(4)20-15(25)10(3)18-12(21)7-6-8-13(22)23/h9-11H,5-8H2,1-4H3,(H,17,24)(H,18,21)(H,19,26)(H,20,25)(H,22,23)/t9-,10+,11-/m0/s1. The number of carbonyl (C=O) groups is 5. The van der Waals surface area contributed by atoms with Gasteiger partial charge in [0.1, 0.15) is 18.1 Å². The van der Waals surface area contributed by atoms with Crippen LogP contribution in [0, 0.1) is 0 Å². The molecule has 0 bridgehead atoms. The van der Waals surface area contributed by atoms with Crippen LogP contribution in [0.2, 0.25) is 0 Å². The smallest absolute Gasteiger partial charge is 0.303 e. The van der Waals surface area contributed by atoms with Crippen LogP contribution in [0.4, 0.5) is 0 Å². The number of amides is 4. The molecule has 0 fully saturated rings. The van der Waals surface area contributed by atoms with E-state index in [1.54, 1.807) is 6.92 Å². The van der Waals surface area contributed by atoms with Gasteiger partial charge in [0.25, 0.3) is 0 Å². The number of rotatable bonds is 11. The Morgan fingerprint density at radius 3 is 1.69 bits per heavy atom. The SMILES string of the molecule is CCNC(=O)[C@H](C)NC(=O)[C@H](C)NC(=O)[C@@H](C)NC(=O)CCCC(=O)O. The normalized spacial score (nSPS) is 13.7. The predicted molar refractivity (Wildman–Crippen MR) is 93.0 cm³/mol. The number of nitrogens with one attached hydrogen (secondary N) is 4. The van der Waals surface area contributed by atoms with E-state index in [1.807, 2.05) is 0 Å². The van der Waals surface area contributed by atoms with Crippen LogP contribution in [0.25, 0.3) is 0 Å². The molecule has 0 radical (unpaired) electrons. The van der Waals surface area contributed by atoms with Crippen LogP contribution in [0.1, 0.15) is 47.0 Å². The minimum absolute atomic E-state index is 0.00991. The van der Waals surface area contributed by atoms with E-state index >= 15 is 0 Å². The molecule has 3 atom stereocenters. The Balaban J connectivity index is 4.33. The summed E-state index contributed by atoms with van der Waals surface area (Å²) in [5, 5.41) is 18.4. The van der Waals surface area contributed by atoms with Gasteiger partial charge in [0.05, 0.1) is 0 Å². The van der Waals surface area contributed by atoms with Crippen LogP contribution in [-0.2, 0) is 24.0 Å². The van der Waals surface area contributed by atoms with Crippen LogP contribution in [0.3, 0.4) is 0 Å². The largest absolute Gasteiger partial charge is 0.481 e. The summed E-state index contributed by atoms with van der Waals surface area (Å²) in [4.78, 5) is 57.6. The van der Waals surface area contributed by atoms with Gasteiger partial charge in [-0.1, -0.05) is 0 Å². The van der Waals surface area contributed by atoms with Crippen molar-refractivity contribution < 1.29 is 29.1 Å². The maximum Gasteiger partial charge on any atom is 0.303 e. The molecule has 0 aromatic rings. The first-order chi connectivity index (χ1) is 12.1. The maximum atomic E-state index is 12.0. The number of carboxylic acid groups (broad SMARTS) is 1. The molecule has 0 aliphatic rings. The molecule has 5 N–H and O–H groups in total. The first kappa shape index (κ1) is 23.4. The zero-order chi connectivity index (χ0) is 20.3. The Morgan fingerprint density at radius 2 is 1.23 bits per heavy atom. The number of carboxylic acids is 1. The monoisotopic (exact) mass is 372 g/mol. The summed E-state index contributed by atoms with van der Waals surface area (Å²) in [7, 11) is 0. The Kier molecular flexibility index (Phi) is 10.6. The van der Waals surface area contributed by atoms with E-state index in [0.717, 1.165) is 0 Å². The molecule has 10 heteroatoms. The topological polar surface area (TPSA) is 154 Å². The second-order valence-corrected chi connectivity index (χ2v) is 5.89. The highest BCUT2D eigenvalue weighted by atomic mass is 16.4. The molecule has 10 nitrogen and oxygen atoms in total. The number of likely N-dealkylation sites (N-methyl/N-ethyl adjacent to an activating group) is 1. The number of hydrogen-bond donors (Lipinski definition) is 5. The molecule has 0 spiro atoms. The van der Waals surface area contributed by atoms with Gasteiger partial charge in [-0.25, -0.2) is 0 Å². The van der Waals surface area contributed by atoms with Crippen molar-refractivity contribution >= 4 is 29.6 Å². The van der Waals surface area contributed by atoms with Crippen molar-refractivity contribution in [3.63, 3.8) is 0 Å². The average Bonchev–Trinajstić information content (AvgIpc) is 2.54. The third-order valence-corrected chi connectivity index (χ3v) is 3.42. The van der Waals surface area contributed by atoms with Gasteiger partial charge in [-0.05, 0) is 34.1 Å². The van der Waals surface area contributed by atoms with Crippen molar-refractivity contribution in [2.45, 2.75) is 65.1 Å². The van der Waals surface area contributed by atoms with Crippen molar-refractivity contribution in [3.05, 3.63) is 0 Å². The van der Waals surface area contributed by atoms with Crippen LogP contribution >= 0.6 is 0 Å². The van der Waals surface area contributed by atoms with Gasteiger partial charge in [0.2, 0.25) is 23.6 Å². The summed E-state index contributed by atoms with van der Waals surface area (Å²) in [5.41, 5.74) is 0. The number of aliphatic carboxylic acids is 1. The van der Waals surface area contributed by atoms with E-state index in [1.165, 1.54) is 20.8 Å². The fourth-order valence-electron chi connectivity index (χ4n) is 1.91.